The number of carbonyl (C=O) groups excluding carboxylic acids is 1. The molecule has 9 nitrogen and oxygen atoms in total. The van der Waals surface area contributed by atoms with E-state index < -0.39 is 28.8 Å². The molecule has 0 aliphatic carbocycles. The summed E-state index contributed by atoms with van der Waals surface area (Å²) >= 11 is 0. The Balaban J connectivity index is 1.44. The van der Waals surface area contributed by atoms with Crippen molar-refractivity contribution in [3.63, 3.8) is 0 Å². The molecule has 0 bridgehead atoms. The third kappa shape index (κ3) is 5.04. The van der Waals surface area contributed by atoms with Crippen LogP contribution in [-0.2, 0) is 6.54 Å². The van der Waals surface area contributed by atoms with E-state index in [0.717, 1.165) is 29.0 Å². The van der Waals surface area contributed by atoms with Crippen molar-refractivity contribution in [2.24, 2.45) is 0 Å². The monoisotopic (exact) mass is 544 g/mol. The topological polar surface area (TPSA) is 104 Å². The highest BCUT2D eigenvalue weighted by Crippen LogP contribution is 2.33. The van der Waals surface area contributed by atoms with Gasteiger partial charge in [0.25, 0.3) is 11.5 Å². The summed E-state index contributed by atoms with van der Waals surface area (Å²) in [5.74, 6) is -1.35. The van der Waals surface area contributed by atoms with E-state index in [1.807, 2.05) is 0 Å². The molecule has 0 unspecified atom stereocenters. The Hall–Kier alpha value is -5.32. The molecule has 1 amide bonds. The maximum absolute atomic E-state index is 15.0. The van der Waals surface area contributed by atoms with Gasteiger partial charge in [0.05, 0.1) is 18.3 Å². The standard InChI is InChI=1S/C29H22F2N4O5/c1-3-34-16-22(28(37)35(29(34)38)19-7-4-17(30)5-8-19)27(36)33-18-6-11-26(23(31)14-18)40-25-12-13-32-24-10-9-20(39-2)15-21(24)25/h4-16H,3H2,1-2H3,(H,33,36). The minimum Gasteiger partial charge on any atom is -0.497 e. The number of anilines is 1. The molecule has 0 aliphatic heterocycles. The molecule has 3 aromatic carbocycles. The van der Waals surface area contributed by atoms with Crippen molar-refractivity contribution < 1.29 is 23.0 Å². The molecule has 0 radical (unpaired) electrons. The predicted molar refractivity (Wildman–Crippen MR) is 145 cm³/mol. The molecule has 11 heteroatoms. The third-order valence-electron chi connectivity index (χ3n) is 6.14. The molecule has 40 heavy (non-hydrogen) atoms. The molecule has 0 atom stereocenters. The van der Waals surface area contributed by atoms with Crippen molar-refractivity contribution in [1.82, 2.24) is 14.1 Å². The number of aryl methyl sites for hydroxylation is 1. The predicted octanol–water partition coefficient (Wildman–Crippen LogP) is 4.90. The van der Waals surface area contributed by atoms with Crippen LogP contribution in [0.5, 0.6) is 17.2 Å². The van der Waals surface area contributed by atoms with Crippen LogP contribution in [0.25, 0.3) is 16.6 Å². The van der Waals surface area contributed by atoms with Gasteiger partial charge in [-0.1, -0.05) is 0 Å². The molecule has 0 aliphatic rings. The largest absolute Gasteiger partial charge is 0.497 e. The van der Waals surface area contributed by atoms with Gasteiger partial charge in [-0.15, -0.1) is 0 Å². The van der Waals surface area contributed by atoms with E-state index in [1.165, 1.54) is 42.1 Å². The zero-order valence-electron chi connectivity index (χ0n) is 21.4. The van der Waals surface area contributed by atoms with E-state index in [2.05, 4.69) is 10.3 Å². The maximum Gasteiger partial charge on any atom is 0.335 e. The van der Waals surface area contributed by atoms with Gasteiger partial charge in [-0.25, -0.2) is 18.1 Å². The van der Waals surface area contributed by atoms with Gasteiger partial charge in [0.15, 0.2) is 11.6 Å². The van der Waals surface area contributed by atoms with Crippen LogP contribution in [0.2, 0.25) is 0 Å². The molecule has 5 aromatic rings. The Kier molecular flexibility index (Phi) is 7.11. The smallest absolute Gasteiger partial charge is 0.335 e. The van der Waals surface area contributed by atoms with Crippen LogP contribution < -0.4 is 26.0 Å². The molecule has 0 saturated heterocycles. The summed E-state index contributed by atoms with van der Waals surface area (Å²) in [5, 5.41) is 3.10. The van der Waals surface area contributed by atoms with E-state index in [0.29, 0.717) is 22.4 Å². The number of aromatic nitrogens is 3. The number of halogens is 2. The summed E-state index contributed by atoms with van der Waals surface area (Å²) < 4.78 is 41.4. The van der Waals surface area contributed by atoms with E-state index >= 15 is 4.39 Å². The summed E-state index contributed by atoms with van der Waals surface area (Å²) in [4.78, 5) is 43.3. The van der Waals surface area contributed by atoms with Crippen molar-refractivity contribution >= 4 is 22.5 Å². The number of hydrogen-bond acceptors (Lipinski definition) is 6. The molecule has 202 valence electrons. The average molecular weight is 545 g/mol. The lowest BCUT2D eigenvalue weighted by atomic mass is 10.2. The second-order valence-corrected chi connectivity index (χ2v) is 8.62. The first kappa shape index (κ1) is 26.3. The Morgan fingerprint density at radius 2 is 1.75 bits per heavy atom. The maximum atomic E-state index is 15.0. The Labute approximate surface area is 225 Å². The number of rotatable bonds is 7. The Morgan fingerprint density at radius 3 is 2.45 bits per heavy atom. The number of nitrogens with one attached hydrogen (secondary N) is 1. The Morgan fingerprint density at radius 1 is 0.975 bits per heavy atom. The number of amides is 1. The van der Waals surface area contributed by atoms with Crippen molar-refractivity contribution in [2.45, 2.75) is 13.5 Å². The van der Waals surface area contributed by atoms with Gasteiger partial charge in [-0.3, -0.25) is 19.1 Å². The number of carbonyl (C=O) groups is 1. The van der Waals surface area contributed by atoms with Gasteiger partial charge in [0.1, 0.15) is 22.9 Å². The number of hydrogen-bond donors (Lipinski definition) is 1. The second-order valence-electron chi connectivity index (χ2n) is 8.62. The summed E-state index contributed by atoms with van der Waals surface area (Å²) in [7, 11) is 1.53. The van der Waals surface area contributed by atoms with Crippen LogP contribution in [0, 0.1) is 11.6 Å². The van der Waals surface area contributed by atoms with Gasteiger partial charge in [0, 0.05) is 36.1 Å². The molecular formula is C29H22F2N4O5. The molecular weight excluding hydrogens is 522 g/mol. The lowest BCUT2D eigenvalue weighted by molar-refractivity contribution is 0.102. The molecule has 2 heterocycles. The van der Waals surface area contributed by atoms with E-state index in [1.54, 1.807) is 31.2 Å². The molecule has 0 fully saturated rings. The average Bonchev–Trinajstić information content (AvgIpc) is 2.95. The molecule has 5 rings (SSSR count). The number of benzene rings is 3. The molecule has 1 N–H and O–H groups in total. The van der Waals surface area contributed by atoms with Crippen molar-refractivity contribution in [1.29, 1.82) is 0 Å². The molecule has 2 aromatic heterocycles. The van der Waals surface area contributed by atoms with Crippen molar-refractivity contribution in [2.75, 3.05) is 12.4 Å². The molecule has 0 spiro atoms. The summed E-state index contributed by atoms with van der Waals surface area (Å²) in [6.07, 6.45) is 2.67. The lowest BCUT2D eigenvalue weighted by Gasteiger charge is -2.13. The van der Waals surface area contributed by atoms with E-state index in [4.69, 9.17) is 9.47 Å². The van der Waals surface area contributed by atoms with E-state index in [-0.39, 0.29) is 29.2 Å². The number of fused-ring (bicyclic) bond motifs is 1. The normalized spacial score (nSPS) is 10.9. The number of nitrogens with zero attached hydrogens (tertiary/aromatic N) is 3. The highest BCUT2D eigenvalue weighted by atomic mass is 19.1. The molecule has 0 saturated carbocycles. The first-order valence-electron chi connectivity index (χ1n) is 12.1. The highest BCUT2D eigenvalue weighted by Gasteiger charge is 2.19. The van der Waals surface area contributed by atoms with Crippen LogP contribution in [0.4, 0.5) is 14.5 Å². The van der Waals surface area contributed by atoms with Crippen LogP contribution >= 0.6 is 0 Å². The number of pyridine rings is 1. The zero-order valence-corrected chi connectivity index (χ0v) is 21.4. The summed E-state index contributed by atoms with van der Waals surface area (Å²) in [5.41, 5.74) is -1.17. The van der Waals surface area contributed by atoms with Gasteiger partial charge in [-0.2, -0.15) is 0 Å². The minimum absolute atomic E-state index is 0.0538. The first-order chi connectivity index (χ1) is 19.3. The third-order valence-corrected chi connectivity index (χ3v) is 6.14. The van der Waals surface area contributed by atoms with Crippen LogP contribution in [0.1, 0.15) is 17.3 Å². The number of ether oxygens (including phenoxy) is 2. The van der Waals surface area contributed by atoms with Crippen LogP contribution in [-0.4, -0.2) is 27.1 Å². The van der Waals surface area contributed by atoms with Gasteiger partial charge < -0.3 is 14.8 Å². The Bertz CT molecular complexity index is 1870. The minimum atomic E-state index is -0.903. The van der Waals surface area contributed by atoms with E-state index in [9.17, 15) is 18.8 Å². The van der Waals surface area contributed by atoms with Gasteiger partial charge >= 0.3 is 5.69 Å². The highest BCUT2D eigenvalue weighted by molar-refractivity contribution is 6.03. The second kappa shape index (κ2) is 10.8. The summed E-state index contributed by atoms with van der Waals surface area (Å²) in [6, 6.07) is 15.3. The summed E-state index contributed by atoms with van der Waals surface area (Å²) in [6.45, 7) is 1.83. The van der Waals surface area contributed by atoms with Crippen molar-refractivity contribution in [3.8, 4) is 22.9 Å². The quantitative estimate of drug-likeness (QED) is 0.313. The first-order valence-corrected chi connectivity index (χ1v) is 12.1. The van der Waals surface area contributed by atoms with Gasteiger partial charge in [0.2, 0.25) is 0 Å². The zero-order chi connectivity index (χ0) is 28.4. The SMILES string of the molecule is CCn1cc(C(=O)Nc2ccc(Oc3ccnc4ccc(OC)cc34)c(F)c2)c(=O)n(-c2ccc(F)cc2)c1=O. The van der Waals surface area contributed by atoms with Crippen LogP contribution in [0.15, 0.2) is 88.7 Å². The fourth-order valence-corrected chi connectivity index (χ4v) is 4.10. The lowest BCUT2D eigenvalue weighted by Crippen LogP contribution is -2.42. The van der Waals surface area contributed by atoms with Crippen LogP contribution in [0.3, 0.4) is 0 Å². The fourth-order valence-electron chi connectivity index (χ4n) is 4.10. The fraction of sp³-hybridized carbons (Fsp3) is 0.103. The van der Waals surface area contributed by atoms with Gasteiger partial charge in [-0.05, 0) is 67.6 Å². The number of methoxy groups -OCH3 is 1. The van der Waals surface area contributed by atoms with Crippen molar-refractivity contribution in [3.05, 3.63) is 117 Å².